The predicted octanol–water partition coefficient (Wildman–Crippen LogP) is 3.28. The van der Waals surface area contributed by atoms with E-state index in [0.717, 1.165) is 22.4 Å². The molecule has 2 aromatic carbocycles. The molecule has 7 nitrogen and oxygen atoms in total. The summed E-state index contributed by atoms with van der Waals surface area (Å²) in [6.07, 6.45) is 2.90. The van der Waals surface area contributed by atoms with Crippen LogP contribution >= 0.6 is 0 Å². The van der Waals surface area contributed by atoms with Crippen LogP contribution in [0.1, 0.15) is 36.5 Å². The number of benzene rings is 2. The zero-order chi connectivity index (χ0) is 21.9. The second-order valence-corrected chi connectivity index (χ2v) is 6.72. The molecule has 30 heavy (non-hydrogen) atoms. The standard InChI is InChI=1S/C23H27N3O4/c1-4-30-20-10-6-18(7-11-20)8-12-22(28)25-26-23(29)14-13-21(27)24-19-9-5-16(2)17(3)15-19/h5-12,15H,4,13-14H2,1-3H3,(H,24,27)(H,25,28)(H,26,29)/b12-8+. The Morgan fingerprint density at radius 2 is 1.60 bits per heavy atom. The fourth-order valence-corrected chi connectivity index (χ4v) is 2.52. The van der Waals surface area contributed by atoms with E-state index in [-0.39, 0.29) is 18.7 Å². The van der Waals surface area contributed by atoms with E-state index < -0.39 is 11.8 Å². The van der Waals surface area contributed by atoms with Gasteiger partial charge in [-0.25, -0.2) is 0 Å². The van der Waals surface area contributed by atoms with Crippen molar-refractivity contribution in [1.82, 2.24) is 10.9 Å². The summed E-state index contributed by atoms with van der Waals surface area (Å²) in [6.45, 7) is 6.45. The quantitative estimate of drug-likeness (QED) is 0.460. The number of carbonyl (C=O) groups is 3. The van der Waals surface area contributed by atoms with Gasteiger partial charge in [-0.15, -0.1) is 0 Å². The molecule has 2 rings (SSSR count). The molecule has 0 atom stereocenters. The summed E-state index contributed by atoms with van der Waals surface area (Å²) in [5.41, 5.74) is 8.31. The van der Waals surface area contributed by atoms with Gasteiger partial charge in [-0.3, -0.25) is 25.2 Å². The molecule has 2 aromatic rings. The highest BCUT2D eigenvalue weighted by molar-refractivity contribution is 5.95. The molecule has 158 valence electrons. The Hall–Kier alpha value is -3.61. The Balaban J connectivity index is 1.69. The summed E-state index contributed by atoms with van der Waals surface area (Å²) in [5, 5.41) is 2.75. The van der Waals surface area contributed by atoms with Crippen molar-refractivity contribution in [3.05, 3.63) is 65.2 Å². The molecule has 0 radical (unpaired) electrons. The zero-order valence-electron chi connectivity index (χ0n) is 17.5. The first kappa shape index (κ1) is 22.7. The normalized spacial score (nSPS) is 10.5. The molecular weight excluding hydrogens is 382 g/mol. The minimum atomic E-state index is -0.475. The van der Waals surface area contributed by atoms with Crippen molar-refractivity contribution in [3.63, 3.8) is 0 Å². The van der Waals surface area contributed by atoms with Gasteiger partial charge in [0.25, 0.3) is 5.91 Å². The van der Waals surface area contributed by atoms with Crippen LogP contribution in [-0.4, -0.2) is 24.3 Å². The second kappa shape index (κ2) is 11.4. The lowest BCUT2D eigenvalue weighted by molar-refractivity contribution is -0.128. The van der Waals surface area contributed by atoms with Crippen LogP contribution in [0.5, 0.6) is 5.75 Å². The molecule has 0 aliphatic heterocycles. The number of carbonyl (C=O) groups excluding carboxylic acids is 3. The number of nitrogens with one attached hydrogen (secondary N) is 3. The van der Waals surface area contributed by atoms with Crippen LogP contribution in [0, 0.1) is 13.8 Å². The topological polar surface area (TPSA) is 96.5 Å². The maximum atomic E-state index is 12.0. The van der Waals surface area contributed by atoms with E-state index in [1.54, 1.807) is 6.08 Å². The molecule has 0 aliphatic carbocycles. The van der Waals surface area contributed by atoms with E-state index in [9.17, 15) is 14.4 Å². The van der Waals surface area contributed by atoms with Crippen LogP contribution in [-0.2, 0) is 14.4 Å². The number of aryl methyl sites for hydroxylation is 2. The molecule has 0 unspecified atom stereocenters. The van der Waals surface area contributed by atoms with E-state index in [0.29, 0.717) is 12.3 Å². The number of amides is 3. The van der Waals surface area contributed by atoms with Crippen LogP contribution in [0.4, 0.5) is 5.69 Å². The van der Waals surface area contributed by atoms with Crippen molar-refractivity contribution in [3.8, 4) is 5.75 Å². The van der Waals surface area contributed by atoms with Crippen molar-refractivity contribution < 1.29 is 19.1 Å². The number of rotatable bonds is 8. The van der Waals surface area contributed by atoms with Crippen LogP contribution in [0.2, 0.25) is 0 Å². The third-order valence-electron chi connectivity index (χ3n) is 4.31. The second-order valence-electron chi connectivity index (χ2n) is 6.72. The largest absolute Gasteiger partial charge is 0.494 e. The molecule has 0 bridgehead atoms. The Morgan fingerprint density at radius 3 is 2.27 bits per heavy atom. The van der Waals surface area contributed by atoms with Crippen molar-refractivity contribution >= 4 is 29.5 Å². The maximum absolute atomic E-state index is 12.0. The lowest BCUT2D eigenvalue weighted by Gasteiger charge is -2.08. The maximum Gasteiger partial charge on any atom is 0.262 e. The fourth-order valence-electron chi connectivity index (χ4n) is 2.52. The Labute approximate surface area is 176 Å². The molecule has 3 amide bonds. The fraction of sp³-hybridized carbons (Fsp3) is 0.261. The molecule has 0 saturated carbocycles. The SMILES string of the molecule is CCOc1ccc(/C=C/C(=O)NNC(=O)CCC(=O)Nc2ccc(C)c(C)c2)cc1. The zero-order valence-corrected chi connectivity index (χ0v) is 17.5. The summed E-state index contributed by atoms with van der Waals surface area (Å²) in [5.74, 6) is -0.437. The minimum absolute atomic E-state index is 0.0106. The average molecular weight is 409 g/mol. The summed E-state index contributed by atoms with van der Waals surface area (Å²) in [4.78, 5) is 35.6. The number of hydrogen-bond acceptors (Lipinski definition) is 4. The van der Waals surface area contributed by atoms with Crippen LogP contribution in [0.15, 0.2) is 48.5 Å². The Kier molecular flexibility index (Phi) is 8.62. The van der Waals surface area contributed by atoms with E-state index >= 15 is 0 Å². The van der Waals surface area contributed by atoms with Gasteiger partial charge in [0.15, 0.2) is 0 Å². The molecule has 0 saturated heterocycles. The summed E-state index contributed by atoms with van der Waals surface area (Å²) >= 11 is 0. The monoisotopic (exact) mass is 409 g/mol. The van der Waals surface area contributed by atoms with Crippen molar-refractivity contribution in [2.45, 2.75) is 33.6 Å². The minimum Gasteiger partial charge on any atom is -0.494 e. The number of anilines is 1. The van der Waals surface area contributed by atoms with E-state index in [1.165, 1.54) is 6.08 Å². The number of hydrazine groups is 1. The molecule has 0 aliphatic rings. The van der Waals surface area contributed by atoms with Gasteiger partial charge in [0, 0.05) is 24.6 Å². The summed E-state index contributed by atoms with van der Waals surface area (Å²) in [7, 11) is 0. The highest BCUT2D eigenvalue weighted by Gasteiger charge is 2.08. The van der Waals surface area contributed by atoms with Crippen molar-refractivity contribution in [1.29, 1.82) is 0 Å². The number of hydrogen-bond donors (Lipinski definition) is 3. The molecular formula is C23H27N3O4. The van der Waals surface area contributed by atoms with Crippen molar-refractivity contribution in [2.75, 3.05) is 11.9 Å². The van der Waals surface area contributed by atoms with Crippen molar-refractivity contribution in [2.24, 2.45) is 0 Å². The molecule has 7 heteroatoms. The van der Waals surface area contributed by atoms with Gasteiger partial charge >= 0.3 is 0 Å². The molecule has 0 spiro atoms. The summed E-state index contributed by atoms with van der Waals surface area (Å²) < 4.78 is 5.35. The highest BCUT2D eigenvalue weighted by Crippen LogP contribution is 2.15. The van der Waals surface area contributed by atoms with Gasteiger partial charge in [0.05, 0.1) is 6.61 Å². The van der Waals surface area contributed by atoms with Gasteiger partial charge in [-0.05, 0) is 67.8 Å². The Morgan fingerprint density at radius 1 is 0.900 bits per heavy atom. The Bertz CT molecular complexity index is 921. The highest BCUT2D eigenvalue weighted by atomic mass is 16.5. The molecule has 0 aromatic heterocycles. The molecule has 0 heterocycles. The van der Waals surface area contributed by atoms with Gasteiger partial charge < -0.3 is 10.1 Å². The van der Waals surface area contributed by atoms with Gasteiger partial charge in [-0.2, -0.15) is 0 Å². The van der Waals surface area contributed by atoms with E-state index in [1.807, 2.05) is 63.2 Å². The van der Waals surface area contributed by atoms with Crippen LogP contribution in [0.3, 0.4) is 0 Å². The van der Waals surface area contributed by atoms with Crippen LogP contribution in [0.25, 0.3) is 6.08 Å². The first-order chi connectivity index (χ1) is 14.4. The van der Waals surface area contributed by atoms with E-state index in [2.05, 4.69) is 16.2 Å². The van der Waals surface area contributed by atoms with Gasteiger partial charge in [0.2, 0.25) is 11.8 Å². The first-order valence-corrected chi connectivity index (χ1v) is 9.74. The lowest BCUT2D eigenvalue weighted by Crippen LogP contribution is -2.41. The summed E-state index contributed by atoms with van der Waals surface area (Å²) in [6, 6.07) is 12.9. The smallest absolute Gasteiger partial charge is 0.262 e. The molecule has 3 N–H and O–H groups in total. The van der Waals surface area contributed by atoms with Crippen LogP contribution < -0.4 is 20.9 Å². The lowest BCUT2D eigenvalue weighted by atomic mass is 10.1. The van der Waals surface area contributed by atoms with Gasteiger partial charge in [-0.1, -0.05) is 18.2 Å². The third kappa shape index (κ3) is 7.79. The van der Waals surface area contributed by atoms with Gasteiger partial charge in [0.1, 0.15) is 5.75 Å². The first-order valence-electron chi connectivity index (χ1n) is 9.74. The van der Waals surface area contributed by atoms with E-state index in [4.69, 9.17) is 4.74 Å². The third-order valence-corrected chi connectivity index (χ3v) is 4.31. The molecule has 0 fully saturated rings. The average Bonchev–Trinajstić information content (AvgIpc) is 2.73. The predicted molar refractivity (Wildman–Crippen MR) is 117 cm³/mol. The number of ether oxygens (including phenoxy) is 1.